The van der Waals surface area contributed by atoms with Gasteiger partial charge in [0.15, 0.2) is 0 Å². The summed E-state index contributed by atoms with van der Waals surface area (Å²) in [6, 6.07) is 19.5. The van der Waals surface area contributed by atoms with Gasteiger partial charge in [0.05, 0.1) is 24.8 Å². The van der Waals surface area contributed by atoms with Crippen LogP contribution in [0, 0.1) is 6.92 Å². The molecule has 3 aromatic rings. The number of ether oxygens (including phenoxy) is 2. The Bertz CT molecular complexity index is 1470. The Morgan fingerprint density at radius 3 is 2.19 bits per heavy atom. The minimum absolute atomic E-state index is 0.0532. The molecule has 224 valence electrons. The largest absolute Gasteiger partial charge is 0.497 e. The molecular weight excluding hydrogens is 554 g/mol. The molecule has 0 heterocycles. The van der Waals surface area contributed by atoms with Gasteiger partial charge < -0.3 is 19.7 Å². The number of hydrogen-bond acceptors (Lipinski definition) is 6. The van der Waals surface area contributed by atoms with E-state index in [0.29, 0.717) is 11.5 Å². The molecule has 2 amide bonds. The third-order valence-corrected chi connectivity index (χ3v) is 9.40. The van der Waals surface area contributed by atoms with E-state index in [4.69, 9.17) is 9.47 Å². The average Bonchev–Trinajstić information content (AvgIpc) is 3.51. The molecule has 0 spiro atoms. The normalized spacial score (nSPS) is 14.2. The quantitative estimate of drug-likeness (QED) is 0.327. The van der Waals surface area contributed by atoms with Crippen LogP contribution in [-0.4, -0.2) is 58.0 Å². The van der Waals surface area contributed by atoms with E-state index in [1.165, 1.54) is 24.1 Å². The van der Waals surface area contributed by atoms with Crippen LogP contribution in [0.15, 0.2) is 77.7 Å². The maximum Gasteiger partial charge on any atom is 0.264 e. The number of amides is 2. The van der Waals surface area contributed by atoms with Gasteiger partial charge in [-0.3, -0.25) is 13.9 Å². The van der Waals surface area contributed by atoms with Crippen LogP contribution < -0.4 is 19.1 Å². The molecule has 0 bridgehead atoms. The Balaban J connectivity index is 1.69. The standard InChI is InChI=1S/C32H39N3O6S/c1-23-12-18-30(19-13-23)42(38,39)35(27-10-7-11-29(20-27)41-4)22-31(36)34(21-25-14-16-28(40-3)17-15-25)24(2)32(37)33-26-8-5-6-9-26/h7,10-20,24,26H,5-6,8-9,21-22H2,1-4H3,(H,33,37). The highest BCUT2D eigenvalue weighted by Gasteiger charge is 2.33. The maximum absolute atomic E-state index is 14.1. The third kappa shape index (κ3) is 7.42. The van der Waals surface area contributed by atoms with E-state index in [1.54, 1.807) is 62.6 Å². The molecule has 0 saturated heterocycles. The first-order chi connectivity index (χ1) is 20.1. The molecule has 1 N–H and O–H groups in total. The number of carbonyl (C=O) groups excluding carboxylic acids is 2. The molecule has 1 aliphatic carbocycles. The fourth-order valence-corrected chi connectivity index (χ4v) is 6.44. The van der Waals surface area contributed by atoms with Crippen LogP contribution in [0.25, 0.3) is 0 Å². The van der Waals surface area contributed by atoms with E-state index in [1.807, 2.05) is 19.1 Å². The summed E-state index contributed by atoms with van der Waals surface area (Å²) in [7, 11) is -1.10. The van der Waals surface area contributed by atoms with E-state index in [2.05, 4.69) is 5.32 Å². The molecule has 1 aliphatic rings. The van der Waals surface area contributed by atoms with Crippen molar-refractivity contribution in [2.24, 2.45) is 0 Å². The van der Waals surface area contributed by atoms with Crippen LogP contribution in [0.2, 0.25) is 0 Å². The number of aryl methyl sites for hydroxylation is 1. The van der Waals surface area contributed by atoms with E-state index in [0.717, 1.165) is 41.1 Å². The van der Waals surface area contributed by atoms with Crippen LogP contribution in [0.4, 0.5) is 5.69 Å². The Hall–Kier alpha value is -4.05. The van der Waals surface area contributed by atoms with Crippen molar-refractivity contribution in [3.8, 4) is 11.5 Å². The molecule has 1 saturated carbocycles. The predicted molar refractivity (Wildman–Crippen MR) is 162 cm³/mol. The van der Waals surface area contributed by atoms with Gasteiger partial charge in [0.1, 0.15) is 24.1 Å². The second-order valence-electron chi connectivity index (χ2n) is 10.6. The lowest BCUT2D eigenvalue weighted by Gasteiger charge is -2.32. The molecule has 0 aliphatic heterocycles. The highest BCUT2D eigenvalue weighted by atomic mass is 32.2. The average molecular weight is 594 g/mol. The van der Waals surface area contributed by atoms with Gasteiger partial charge in [0, 0.05) is 18.7 Å². The van der Waals surface area contributed by atoms with Crippen LogP contribution in [0.3, 0.4) is 0 Å². The van der Waals surface area contributed by atoms with Crippen LogP contribution >= 0.6 is 0 Å². The van der Waals surface area contributed by atoms with Crippen LogP contribution in [0.5, 0.6) is 11.5 Å². The molecule has 4 rings (SSSR count). The zero-order chi connectivity index (χ0) is 30.3. The van der Waals surface area contributed by atoms with Crippen molar-refractivity contribution >= 4 is 27.5 Å². The van der Waals surface area contributed by atoms with E-state index in [-0.39, 0.29) is 29.1 Å². The zero-order valence-corrected chi connectivity index (χ0v) is 25.4. The van der Waals surface area contributed by atoms with E-state index >= 15 is 0 Å². The summed E-state index contributed by atoms with van der Waals surface area (Å²) >= 11 is 0. The summed E-state index contributed by atoms with van der Waals surface area (Å²) in [6.07, 6.45) is 3.92. The second-order valence-corrected chi connectivity index (χ2v) is 12.4. The molecule has 1 atom stereocenters. The molecule has 3 aromatic carbocycles. The lowest BCUT2D eigenvalue weighted by molar-refractivity contribution is -0.139. The number of nitrogens with one attached hydrogen (secondary N) is 1. The van der Waals surface area contributed by atoms with Crippen LogP contribution in [-0.2, 0) is 26.2 Å². The molecule has 1 unspecified atom stereocenters. The summed E-state index contributed by atoms with van der Waals surface area (Å²) in [6.45, 7) is 3.14. The van der Waals surface area contributed by atoms with Crippen molar-refractivity contribution in [3.05, 3.63) is 83.9 Å². The van der Waals surface area contributed by atoms with Gasteiger partial charge in [0.25, 0.3) is 10.0 Å². The first-order valence-electron chi connectivity index (χ1n) is 14.1. The summed E-state index contributed by atoms with van der Waals surface area (Å²) in [5, 5.41) is 3.08. The smallest absolute Gasteiger partial charge is 0.264 e. The van der Waals surface area contributed by atoms with Crippen molar-refractivity contribution in [2.75, 3.05) is 25.1 Å². The number of carbonyl (C=O) groups is 2. The minimum atomic E-state index is -4.16. The number of sulfonamides is 1. The Morgan fingerprint density at radius 1 is 0.929 bits per heavy atom. The van der Waals surface area contributed by atoms with E-state index in [9.17, 15) is 18.0 Å². The first-order valence-corrected chi connectivity index (χ1v) is 15.5. The van der Waals surface area contributed by atoms with Gasteiger partial charge in [-0.2, -0.15) is 0 Å². The number of methoxy groups -OCH3 is 2. The Morgan fingerprint density at radius 2 is 1.57 bits per heavy atom. The molecule has 0 radical (unpaired) electrons. The summed E-state index contributed by atoms with van der Waals surface area (Å²) < 4.78 is 39.6. The fraction of sp³-hybridized carbons (Fsp3) is 0.375. The molecule has 10 heteroatoms. The molecule has 42 heavy (non-hydrogen) atoms. The topological polar surface area (TPSA) is 105 Å². The Kier molecular flexibility index (Phi) is 10.1. The van der Waals surface area contributed by atoms with Gasteiger partial charge in [-0.05, 0) is 68.7 Å². The lowest BCUT2D eigenvalue weighted by Crippen LogP contribution is -2.52. The number of nitrogens with zero attached hydrogens (tertiary/aromatic N) is 2. The predicted octanol–water partition coefficient (Wildman–Crippen LogP) is 4.68. The zero-order valence-electron chi connectivity index (χ0n) is 24.6. The number of benzene rings is 3. The van der Waals surface area contributed by atoms with Gasteiger partial charge >= 0.3 is 0 Å². The Labute approximate surface area is 248 Å². The number of rotatable bonds is 12. The molecule has 9 nitrogen and oxygen atoms in total. The van der Waals surface area contributed by atoms with Crippen molar-refractivity contribution in [1.82, 2.24) is 10.2 Å². The number of anilines is 1. The monoisotopic (exact) mass is 593 g/mol. The van der Waals surface area contributed by atoms with Crippen LogP contribution in [0.1, 0.15) is 43.7 Å². The summed E-state index contributed by atoms with van der Waals surface area (Å²) in [5.74, 6) is 0.331. The highest BCUT2D eigenvalue weighted by molar-refractivity contribution is 7.92. The fourth-order valence-electron chi connectivity index (χ4n) is 5.03. The minimum Gasteiger partial charge on any atom is -0.497 e. The first kappa shape index (κ1) is 30.9. The van der Waals surface area contributed by atoms with Crippen molar-refractivity contribution in [1.29, 1.82) is 0 Å². The molecular formula is C32H39N3O6S. The molecule has 1 fully saturated rings. The molecule has 0 aromatic heterocycles. The SMILES string of the molecule is COc1ccc(CN(C(=O)CN(c2cccc(OC)c2)S(=O)(=O)c2ccc(C)cc2)C(C)C(=O)NC2CCCC2)cc1. The van der Waals surface area contributed by atoms with Gasteiger partial charge in [0.2, 0.25) is 11.8 Å². The summed E-state index contributed by atoms with van der Waals surface area (Å²) in [4.78, 5) is 28.9. The van der Waals surface area contributed by atoms with Gasteiger partial charge in [-0.1, -0.05) is 48.7 Å². The summed E-state index contributed by atoms with van der Waals surface area (Å²) in [5.41, 5.74) is 1.96. The second kappa shape index (κ2) is 13.7. The highest BCUT2D eigenvalue weighted by Crippen LogP contribution is 2.28. The lowest BCUT2D eigenvalue weighted by atomic mass is 10.1. The number of hydrogen-bond donors (Lipinski definition) is 1. The van der Waals surface area contributed by atoms with Gasteiger partial charge in [-0.15, -0.1) is 0 Å². The third-order valence-electron chi connectivity index (χ3n) is 7.61. The van der Waals surface area contributed by atoms with Crippen molar-refractivity contribution in [2.45, 2.75) is 63.1 Å². The maximum atomic E-state index is 14.1. The van der Waals surface area contributed by atoms with E-state index < -0.39 is 28.5 Å². The van der Waals surface area contributed by atoms with Crippen molar-refractivity contribution < 1.29 is 27.5 Å². The van der Waals surface area contributed by atoms with Gasteiger partial charge in [-0.25, -0.2) is 8.42 Å². The van der Waals surface area contributed by atoms with Crippen molar-refractivity contribution in [3.63, 3.8) is 0 Å².